The Morgan fingerprint density at radius 3 is 2.59 bits per heavy atom. The van der Waals surface area contributed by atoms with Crippen LogP contribution in [0.3, 0.4) is 0 Å². The van der Waals surface area contributed by atoms with E-state index in [9.17, 15) is 4.79 Å². The highest BCUT2D eigenvalue weighted by Crippen LogP contribution is 2.33. The third-order valence-corrected chi connectivity index (χ3v) is 4.28. The topological polar surface area (TPSA) is 73.6 Å². The van der Waals surface area contributed by atoms with Gasteiger partial charge in [0.05, 0.1) is 19.8 Å². The van der Waals surface area contributed by atoms with Crippen LogP contribution in [0.15, 0.2) is 53.1 Å². The van der Waals surface area contributed by atoms with Gasteiger partial charge in [-0.15, -0.1) is 0 Å². The molecule has 0 fully saturated rings. The Morgan fingerprint density at radius 2 is 1.89 bits per heavy atom. The van der Waals surface area contributed by atoms with Crippen LogP contribution in [0.5, 0.6) is 11.5 Å². The average Bonchev–Trinajstić information content (AvgIpc) is 3.19. The molecule has 0 radical (unpaired) electrons. The Bertz CT molecular complexity index is 922. The monoisotopic (exact) mass is 386 g/mol. The van der Waals surface area contributed by atoms with Crippen LogP contribution in [0.4, 0.5) is 0 Å². The van der Waals surface area contributed by atoms with Crippen molar-refractivity contribution in [3.8, 4) is 22.8 Å². The highest BCUT2D eigenvalue weighted by Gasteiger charge is 2.17. The van der Waals surface area contributed by atoms with Gasteiger partial charge in [-0.2, -0.15) is 0 Å². The summed E-state index contributed by atoms with van der Waals surface area (Å²) in [6.07, 6.45) is 0.692. The van der Waals surface area contributed by atoms with Crippen LogP contribution in [-0.4, -0.2) is 31.8 Å². The van der Waals surface area contributed by atoms with E-state index >= 15 is 0 Å². The van der Waals surface area contributed by atoms with Crippen LogP contribution in [-0.2, 0) is 6.42 Å². The standard InChI is InChI=1S/C20H19ClN2O4/c1-25-15-7-8-18(26-2)16(11-15)19-12-17(23-27-19)20(24)22-10-9-13-3-5-14(21)6-4-13/h3-8,11-12H,9-10H2,1-2H3,(H,22,24). The van der Waals surface area contributed by atoms with Crippen molar-refractivity contribution in [2.75, 3.05) is 20.8 Å². The molecule has 1 amide bonds. The second-order valence-corrected chi connectivity index (χ2v) is 6.21. The van der Waals surface area contributed by atoms with E-state index in [1.165, 1.54) is 0 Å². The van der Waals surface area contributed by atoms with Gasteiger partial charge in [-0.3, -0.25) is 4.79 Å². The predicted octanol–water partition coefficient (Wildman–Crippen LogP) is 3.98. The van der Waals surface area contributed by atoms with Crippen LogP contribution in [0.2, 0.25) is 5.02 Å². The fraction of sp³-hybridized carbons (Fsp3) is 0.200. The highest BCUT2D eigenvalue weighted by molar-refractivity contribution is 6.30. The van der Waals surface area contributed by atoms with Crippen LogP contribution in [0, 0.1) is 0 Å². The molecule has 140 valence electrons. The Balaban J connectivity index is 1.66. The van der Waals surface area contributed by atoms with Gasteiger partial charge in [0.1, 0.15) is 11.5 Å². The Labute approximate surface area is 162 Å². The molecule has 0 aliphatic rings. The fourth-order valence-corrected chi connectivity index (χ4v) is 2.70. The van der Waals surface area contributed by atoms with Crippen molar-refractivity contribution >= 4 is 17.5 Å². The maximum Gasteiger partial charge on any atom is 0.273 e. The third-order valence-electron chi connectivity index (χ3n) is 4.03. The van der Waals surface area contributed by atoms with E-state index in [1.807, 2.05) is 24.3 Å². The van der Waals surface area contributed by atoms with Crippen molar-refractivity contribution in [3.63, 3.8) is 0 Å². The number of methoxy groups -OCH3 is 2. The van der Waals surface area contributed by atoms with Gasteiger partial charge in [0, 0.05) is 17.6 Å². The van der Waals surface area contributed by atoms with E-state index in [0.717, 1.165) is 5.56 Å². The van der Waals surface area contributed by atoms with Crippen LogP contribution in [0.1, 0.15) is 16.1 Å². The molecule has 0 atom stereocenters. The number of halogens is 1. The summed E-state index contributed by atoms with van der Waals surface area (Å²) < 4.78 is 15.9. The molecule has 0 aliphatic heterocycles. The normalized spacial score (nSPS) is 10.5. The molecular formula is C20H19ClN2O4. The molecule has 7 heteroatoms. The minimum atomic E-state index is -0.305. The van der Waals surface area contributed by atoms with Crippen LogP contribution in [0.25, 0.3) is 11.3 Å². The molecule has 0 aliphatic carbocycles. The molecule has 3 aromatic rings. The number of ether oxygens (including phenoxy) is 2. The summed E-state index contributed by atoms with van der Waals surface area (Å²) in [6.45, 7) is 0.477. The molecular weight excluding hydrogens is 368 g/mol. The van der Waals surface area contributed by atoms with Gasteiger partial charge in [0.15, 0.2) is 11.5 Å². The van der Waals surface area contributed by atoms with E-state index in [-0.39, 0.29) is 11.6 Å². The molecule has 27 heavy (non-hydrogen) atoms. The number of benzene rings is 2. The Morgan fingerprint density at radius 1 is 1.11 bits per heavy atom. The number of carbonyl (C=O) groups excluding carboxylic acids is 1. The van der Waals surface area contributed by atoms with Gasteiger partial charge in [0.2, 0.25) is 0 Å². The molecule has 0 spiro atoms. The van der Waals surface area contributed by atoms with Gasteiger partial charge < -0.3 is 19.3 Å². The fourth-order valence-electron chi connectivity index (χ4n) is 2.58. The SMILES string of the molecule is COc1ccc(OC)c(-c2cc(C(=O)NCCc3ccc(Cl)cc3)no2)c1. The number of rotatable bonds is 7. The number of amides is 1. The van der Waals surface area contributed by atoms with Crippen molar-refractivity contribution in [2.45, 2.75) is 6.42 Å². The maximum atomic E-state index is 12.3. The molecule has 0 unspecified atom stereocenters. The molecule has 6 nitrogen and oxygen atoms in total. The second kappa shape index (κ2) is 8.60. The molecule has 2 aromatic carbocycles. The number of nitrogens with zero attached hydrogens (tertiary/aromatic N) is 1. The van der Waals surface area contributed by atoms with E-state index in [2.05, 4.69) is 10.5 Å². The van der Waals surface area contributed by atoms with E-state index in [0.29, 0.717) is 40.8 Å². The lowest BCUT2D eigenvalue weighted by atomic mass is 10.1. The zero-order chi connectivity index (χ0) is 19.2. The van der Waals surface area contributed by atoms with Crippen molar-refractivity contribution in [1.82, 2.24) is 10.5 Å². The second-order valence-electron chi connectivity index (χ2n) is 5.77. The van der Waals surface area contributed by atoms with Crippen LogP contribution >= 0.6 is 11.6 Å². The summed E-state index contributed by atoms with van der Waals surface area (Å²) in [4.78, 5) is 12.3. The van der Waals surface area contributed by atoms with E-state index < -0.39 is 0 Å². The summed E-state index contributed by atoms with van der Waals surface area (Å²) in [7, 11) is 3.14. The molecule has 0 saturated carbocycles. The molecule has 1 heterocycles. The van der Waals surface area contributed by atoms with E-state index in [1.54, 1.807) is 38.5 Å². The van der Waals surface area contributed by atoms with E-state index in [4.69, 9.17) is 25.6 Å². The minimum Gasteiger partial charge on any atom is -0.497 e. The van der Waals surface area contributed by atoms with Crippen molar-refractivity contribution in [2.24, 2.45) is 0 Å². The van der Waals surface area contributed by atoms with Crippen molar-refractivity contribution < 1.29 is 18.8 Å². The quantitative estimate of drug-likeness (QED) is 0.664. The summed E-state index contributed by atoms with van der Waals surface area (Å²) in [5.41, 5.74) is 1.94. The summed E-state index contributed by atoms with van der Waals surface area (Å²) in [5.74, 6) is 1.37. The largest absolute Gasteiger partial charge is 0.497 e. The lowest BCUT2D eigenvalue weighted by Gasteiger charge is -2.07. The molecule has 1 aromatic heterocycles. The Kier molecular flexibility index (Phi) is 5.98. The molecule has 0 bridgehead atoms. The summed E-state index contributed by atoms with van der Waals surface area (Å²) in [5, 5.41) is 7.37. The lowest BCUT2D eigenvalue weighted by Crippen LogP contribution is -2.25. The number of carbonyl (C=O) groups is 1. The molecule has 3 rings (SSSR count). The first-order chi connectivity index (χ1) is 13.1. The molecule has 0 saturated heterocycles. The zero-order valence-electron chi connectivity index (χ0n) is 15.0. The first kappa shape index (κ1) is 18.8. The number of hydrogen-bond donors (Lipinski definition) is 1. The minimum absolute atomic E-state index is 0.200. The van der Waals surface area contributed by atoms with Crippen molar-refractivity contribution in [1.29, 1.82) is 0 Å². The third kappa shape index (κ3) is 4.60. The van der Waals surface area contributed by atoms with Gasteiger partial charge in [-0.1, -0.05) is 28.9 Å². The maximum absolute atomic E-state index is 12.3. The number of hydrogen-bond acceptors (Lipinski definition) is 5. The first-order valence-corrected chi connectivity index (χ1v) is 8.70. The predicted molar refractivity (Wildman–Crippen MR) is 103 cm³/mol. The van der Waals surface area contributed by atoms with Gasteiger partial charge >= 0.3 is 0 Å². The van der Waals surface area contributed by atoms with Crippen molar-refractivity contribution in [3.05, 3.63) is 64.8 Å². The number of nitrogens with one attached hydrogen (secondary N) is 1. The first-order valence-electron chi connectivity index (χ1n) is 8.32. The summed E-state index contributed by atoms with van der Waals surface area (Å²) in [6, 6.07) is 14.4. The van der Waals surface area contributed by atoms with Gasteiger partial charge in [-0.05, 0) is 42.3 Å². The zero-order valence-corrected chi connectivity index (χ0v) is 15.7. The molecule has 1 N–H and O–H groups in total. The summed E-state index contributed by atoms with van der Waals surface area (Å²) >= 11 is 5.86. The average molecular weight is 387 g/mol. The highest BCUT2D eigenvalue weighted by atomic mass is 35.5. The smallest absolute Gasteiger partial charge is 0.273 e. The van der Waals surface area contributed by atoms with Gasteiger partial charge in [0.25, 0.3) is 5.91 Å². The Hall–Kier alpha value is -2.99. The van der Waals surface area contributed by atoms with Gasteiger partial charge in [-0.25, -0.2) is 0 Å². The van der Waals surface area contributed by atoms with Crippen LogP contribution < -0.4 is 14.8 Å². The lowest BCUT2D eigenvalue weighted by molar-refractivity contribution is 0.0945. The number of aromatic nitrogens is 1.